The maximum absolute atomic E-state index is 12.6. The molecule has 1 amide bonds. The van der Waals surface area contributed by atoms with Crippen molar-refractivity contribution in [3.05, 3.63) is 47.7 Å². The Hall–Kier alpha value is -2.45. The molecule has 0 aliphatic carbocycles. The van der Waals surface area contributed by atoms with Crippen molar-refractivity contribution in [3.8, 4) is 0 Å². The third-order valence-electron chi connectivity index (χ3n) is 3.69. The number of hydrogen-bond donors (Lipinski definition) is 1. The van der Waals surface area contributed by atoms with Crippen LogP contribution in [0.4, 0.5) is 11.5 Å². The summed E-state index contributed by atoms with van der Waals surface area (Å²) < 4.78 is 25.7. The van der Waals surface area contributed by atoms with Crippen LogP contribution in [0.5, 0.6) is 0 Å². The first-order valence-electron chi connectivity index (χ1n) is 7.61. The molecule has 2 rings (SSSR count). The number of anilines is 2. The van der Waals surface area contributed by atoms with Crippen molar-refractivity contribution in [3.63, 3.8) is 0 Å². The van der Waals surface area contributed by atoms with Crippen LogP contribution in [0.2, 0.25) is 0 Å². The number of nitrogens with zero attached hydrogens (tertiary/aromatic N) is 3. The number of carbonyl (C=O) groups excluding carboxylic acids is 1. The van der Waals surface area contributed by atoms with E-state index in [0.717, 1.165) is 9.87 Å². The second-order valence-electron chi connectivity index (χ2n) is 5.99. The van der Waals surface area contributed by atoms with E-state index < -0.39 is 10.0 Å². The minimum absolute atomic E-state index is 0.123. The summed E-state index contributed by atoms with van der Waals surface area (Å²) in [5.41, 5.74) is 1.62. The predicted octanol–water partition coefficient (Wildman–Crippen LogP) is 1.96. The third kappa shape index (κ3) is 3.97. The molecule has 0 saturated carbocycles. The molecule has 0 atom stereocenters. The smallest absolute Gasteiger partial charge is 0.259 e. The van der Waals surface area contributed by atoms with Crippen LogP contribution in [0.15, 0.2) is 41.4 Å². The van der Waals surface area contributed by atoms with Crippen molar-refractivity contribution in [2.45, 2.75) is 11.8 Å². The average Bonchev–Trinajstić information content (AvgIpc) is 2.56. The largest absolute Gasteiger partial charge is 0.362 e. The molecule has 0 aliphatic heterocycles. The number of benzene rings is 1. The van der Waals surface area contributed by atoms with Gasteiger partial charge in [0.2, 0.25) is 10.0 Å². The summed E-state index contributed by atoms with van der Waals surface area (Å²) in [7, 11) is 2.95. The number of pyridine rings is 1. The molecule has 0 unspecified atom stereocenters. The van der Waals surface area contributed by atoms with E-state index in [1.807, 2.05) is 0 Å². The Morgan fingerprint density at radius 2 is 1.80 bits per heavy atom. The Balaban J connectivity index is 2.40. The first-order valence-corrected chi connectivity index (χ1v) is 9.05. The number of nitrogens with one attached hydrogen (secondary N) is 1. The highest BCUT2D eigenvalue weighted by molar-refractivity contribution is 7.89. The van der Waals surface area contributed by atoms with Gasteiger partial charge in [-0.05, 0) is 36.8 Å². The highest BCUT2D eigenvalue weighted by Gasteiger charge is 2.20. The van der Waals surface area contributed by atoms with Crippen LogP contribution in [0.3, 0.4) is 0 Å². The Bertz CT molecular complexity index is 893. The van der Waals surface area contributed by atoms with Crippen molar-refractivity contribution in [1.82, 2.24) is 9.29 Å². The molecular weight excluding hydrogens is 340 g/mol. The highest BCUT2D eigenvalue weighted by atomic mass is 32.2. The van der Waals surface area contributed by atoms with Gasteiger partial charge in [-0.2, -0.15) is 0 Å². The average molecular weight is 362 g/mol. The van der Waals surface area contributed by atoms with E-state index in [1.165, 1.54) is 26.2 Å². The van der Waals surface area contributed by atoms with Crippen LogP contribution in [-0.2, 0) is 10.0 Å². The summed E-state index contributed by atoms with van der Waals surface area (Å²) in [6, 6.07) is 8.02. The molecule has 0 radical (unpaired) electrons. The molecule has 2 aromatic rings. The van der Waals surface area contributed by atoms with Gasteiger partial charge in [-0.3, -0.25) is 4.79 Å². The van der Waals surface area contributed by atoms with Gasteiger partial charge in [0.25, 0.3) is 5.91 Å². The van der Waals surface area contributed by atoms with E-state index in [1.54, 1.807) is 50.3 Å². The van der Waals surface area contributed by atoms with Crippen LogP contribution < -0.4 is 10.2 Å². The fourth-order valence-corrected chi connectivity index (χ4v) is 3.16. The van der Waals surface area contributed by atoms with Crippen molar-refractivity contribution >= 4 is 27.4 Å². The van der Waals surface area contributed by atoms with Gasteiger partial charge < -0.3 is 10.2 Å². The lowest BCUT2D eigenvalue weighted by molar-refractivity contribution is 0.102. The lowest BCUT2D eigenvalue weighted by atomic mass is 10.1. The van der Waals surface area contributed by atoms with E-state index in [2.05, 4.69) is 10.3 Å². The quantitative estimate of drug-likeness (QED) is 0.879. The first-order chi connectivity index (χ1) is 11.6. The molecule has 1 aromatic heterocycles. The van der Waals surface area contributed by atoms with Crippen LogP contribution in [0.25, 0.3) is 0 Å². The summed E-state index contributed by atoms with van der Waals surface area (Å²) in [4.78, 5) is 18.7. The Kier molecular flexibility index (Phi) is 5.44. The van der Waals surface area contributed by atoms with Gasteiger partial charge in [-0.1, -0.05) is 6.07 Å². The van der Waals surface area contributed by atoms with Crippen molar-refractivity contribution in [2.24, 2.45) is 0 Å². The fraction of sp³-hybridized carbons (Fsp3) is 0.294. The molecule has 0 spiro atoms. The van der Waals surface area contributed by atoms with Gasteiger partial charge in [0.05, 0.1) is 10.5 Å². The number of aromatic nitrogens is 1. The maximum Gasteiger partial charge on any atom is 0.259 e. The fourth-order valence-electron chi connectivity index (χ4n) is 2.23. The van der Waals surface area contributed by atoms with Crippen molar-refractivity contribution in [2.75, 3.05) is 38.4 Å². The minimum Gasteiger partial charge on any atom is -0.362 e. The minimum atomic E-state index is -3.58. The van der Waals surface area contributed by atoms with Gasteiger partial charge >= 0.3 is 0 Å². The molecule has 25 heavy (non-hydrogen) atoms. The number of amides is 1. The molecule has 7 nitrogen and oxygen atoms in total. The molecular formula is C17H22N4O3S. The van der Waals surface area contributed by atoms with E-state index in [0.29, 0.717) is 17.1 Å². The number of hydrogen-bond acceptors (Lipinski definition) is 5. The molecule has 1 N–H and O–H groups in total. The lowest BCUT2D eigenvalue weighted by Gasteiger charge is -2.17. The van der Waals surface area contributed by atoms with Gasteiger partial charge in [-0.15, -0.1) is 0 Å². The molecule has 0 aliphatic rings. The summed E-state index contributed by atoms with van der Waals surface area (Å²) in [6.07, 6.45) is 1.61. The molecule has 0 fully saturated rings. The lowest BCUT2D eigenvalue weighted by Crippen LogP contribution is -2.23. The maximum atomic E-state index is 12.6. The normalized spacial score (nSPS) is 11.4. The standard InChI is InChI=1S/C17H22N4O3S/c1-12-8-9-13(25(23,24)21(4)5)11-15(12)19-17(22)14-7-6-10-18-16(14)20(2)3/h6-11H,1-5H3,(H,19,22). The molecule has 8 heteroatoms. The van der Waals surface area contributed by atoms with Crippen molar-refractivity contribution in [1.29, 1.82) is 0 Å². The monoisotopic (exact) mass is 362 g/mol. The number of carbonyl (C=O) groups is 1. The van der Waals surface area contributed by atoms with E-state index in [9.17, 15) is 13.2 Å². The van der Waals surface area contributed by atoms with E-state index >= 15 is 0 Å². The molecule has 134 valence electrons. The Morgan fingerprint density at radius 3 is 2.40 bits per heavy atom. The molecule has 1 aromatic carbocycles. The van der Waals surface area contributed by atoms with Crippen LogP contribution >= 0.6 is 0 Å². The first kappa shape index (κ1) is 18.9. The third-order valence-corrected chi connectivity index (χ3v) is 5.50. The number of rotatable bonds is 5. The number of aryl methyl sites for hydroxylation is 1. The van der Waals surface area contributed by atoms with Crippen molar-refractivity contribution < 1.29 is 13.2 Å². The van der Waals surface area contributed by atoms with Gasteiger partial charge in [-0.25, -0.2) is 17.7 Å². The molecule has 1 heterocycles. The van der Waals surface area contributed by atoms with Gasteiger partial charge in [0.1, 0.15) is 5.82 Å². The van der Waals surface area contributed by atoms with Gasteiger partial charge in [0, 0.05) is 40.1 Å². The molecule has 0 bridgehead atoms. The van der Waals surface area contributed by atoms with Crippen LogP contribution in [0, 0.1) is 6.92 Å². The second kappa shape index (κ2) is 7.20. The van der Waals surface area contributed by atoms with Crippen LogP contribution in [0.1, 0.15) is 15.9 Å². The predicted molar refractivity (Wildman–Crippen MR) is 98.6 cm³/mol. The SMILES string of the molecule is Cc1ccc(S(=O)(=O)N(C)C)cc1NC(=O)c1cccnc1N(C)C. The summed E-state index contributed by atoms with van der Waals surface area (Å²) in [5, 5.41) is 2.78. The van der Waals surface area contributed by atoms with Crippen LogP contribution in [-0.4, -0.2) is 51.8 Å². The second-order valence-corrected chi connectivity index (χ2v) is 8.14. The van der Waals surface area contributed by atoms with E-state index in [-0.39, 0.29) is 10.8 Å². The molecule has 0 saturated heterocycles. The number of sulfonamides is 1. The summed E-state index contributed by atoms with van der Waals surface area (Å²) in [5.74, 6) is 0.189. The Labute approximate surface area is 148 Å². The summed E-state index contributed by atoms with van der Waals surface area (Å²) >= 11 is 0. The summed E-state index contributed by atoms with van der Waals surface area (Å²) in [6.45, 7) is 1.80. The van der Waals surface area contributed by atoms with E-state index in [4.69, 9.17) is 0 Å². The Morgan fingerprint density at radius 1 is 1.12 bits per heavy atom. The van der Waals surface area contributed by atoms with Gasteiger partial charge in [0.15, 0.2) is 0 Å². The highest BCUT2D eigenvalue weighted by Crippen LogP contribution is 2.23. The zero-order valence-corrected chi connectivity index (χ0v) is 15.8. The topological polar surface area (TPSA) is 82.6 Å². The zero-order chi connectivity index (χ0) is 18.8. The zero-order valence-electron chi connectivity index (χ0n) is 14.9.